The summed E-state index contributed by atoms with van der Waals surface area (Å²) < 4.78 is 0. The van der Waals surface area contributed by atoms with Gasteiger partial charge in [-0.3, -0.25) is 4.79 Å². The fourth-order valence-corrected chi connectivity index (χ4v) is 3.19. The third kappa shape index (κ3) is 3.95. The molecule has 2 aromatic rings. The molecule has 0 radical (unpaired) electrons. The summed E-state index contributed by atoms with van der Waals surface area (Å²) in [5.41, 5.74) is 2.50. The zero-order valence-electron chi connectivity index (χ0n) is 13.6. The summed E-state index contributed by atoms with van der Waals surface area (Å²) in [5, 5.41) is 0. The predicted octanol–water partition coefficient (Wildman–Crippen LogP) is 3.47. The molecule has 1 fully saturated rings. The minimum Gasteiger partial charge on any atom is -0.336 e. The van der Waals surface area contributed by atoms with Gasteiger partial charge in [0.15, 0.2) is 0 Å². The highest BCUT2D eigenvalue weighted by atomic mass is 16.2. The van der Waals surface area contributed by atoms with E-state index in [1.807, 2.05) is 0 Å². The van der Waals surface area contributed by atoms with Crippen molar-refractivity contribution in [2.75, 3.05) is 6.54 Å². The first-order valence-electron chi connectivity index (χ1n) is 8.36. The predicted molar refractivity (Wildman–Crippen MR) is 89.8 cm³/mol. The zero-order valence-corrected chi connectivity index (χ0v) is 13.6. The van der Waals surface area contributed by atoms with Crippen molar-refractivity contribution in [2.45, 2.75) is 45.1 Å². The molecule has 1 amide bonds. The third-order valence-electron chi connectivity index (χ3n) is 4.47. The van der Waals surface area contributed by atoms with Gasteiger partial charge in [-0.2, -0.15) is 0 Å². The normalized spacial score (nSPS) is 18.0. The molecule has 0 saturated carbocycles. The summed E-state index contributed by atoms with van der Waals surface area (Å²) in [5.74, 6) is 0.951. The van der Waals surface area contributed by atoms with Crippen molar-refractivity contribution in [2.24, 2.45) is 0 Å². The van der Waals surface area contributed by atoms with Gasteiger partial charge in [-0.15, -0.1) is 0 Å². The van der Waals surface area contributed by atoms with Gasteiger partial charge < -0.3 is 4.90 Å². The number of piperidine rings is 1. The Morgan fingerprint density at radius 2 is 1.91 bits per heavy atom. The number of likely N-dealkylation sites (tertiary alicyclic amines) is 1. The van der Waals surface area contributed by atoms with E-state index in [1.54, 1.807) is 18.5 Å². The molecule has 1 aromatic heterocycles. The van der Waals surface area contributed by atoms with Gasteiger partial charge in [0, 0.05) is 31.8 Å². The second-order valence-corrected chi connectivity index (χ2v) is 6.17. The zero-order chi connectivity index (χ0) is 16.1. The number of amides is 1. The Morgan fingerprint density at radius 3 is 2.65 bits per heavy atom. The Hall–Kier alpha value is -2.23. The first-order valence-corrected chi connectivity index (χ1v) is 8.36. The Morgan fingerprint density at radius 1 is 1.17 bits per heavy atom. The van der Waals surface area contributed by atoms with Crippen LogP contribution in [0.2, 0.25) is 0 Å². The van der Waals surface area contributed by atoms with Crippen molar-refractivity contribution < 1.29 is 4.79 Å². The maximum Gasteiger partial charge on any atom is 0.223 e. The Kier molecular flexibility index (Phi) is 5.01. The minimum absolute atomic E-state index is 0.211. The highest BCUT2D eigenvalue weighted by molar-refractivity contribution is 5.77. The number of aromatic nitrogens is 2. The van der Waals surface area contributed by atoms with Crippen LogP contribution in [0.5, 0.6) is 0 Å². The summed E-state index contributed by atoms with van der Waals surface area (Å²) in [4.78, 5) is 23.1. The molecule has 0 aliphatic carbocycles. The largest absolute Gasteiger partial charge is 0.336 e. The summed E-state index contributed by atoms with van der Waals surface area (Å²) >= 11 is 0. The topological polar surface area (TPSA) is 46.1 Å². The number of hydrogen-bond donors (Lipinski definition) is 0. The van der Waals surface area contributed by atoms with Crippen molar-refractivity contribution in [1.29, 1.82) is 0 Å². The van der Waals surface area contributed by atoms with E-state index < -0.39 is 0 Å². The monoisotopic (exact) mass is 309 g/mol. The van der Waals surface area contributed by atoms with Crippen LogP contribution < -0.4 is 0 Å². The second-order valence-electron chi connectivity index (χ2n) is 6.17. The molecule has 1 atom stereocenters. The molecule has 120 valence electrons. The third-order valence-corrected chi connectivity index (χ3v) is 4.47. The van der Waals surface area contributed by atoms with Crippen LogP contribution in [-0.2, 0) is 11.2 Å². The van der Waals surface area contributed by atoms with E-state index in [0.717, 1.165) is 25.2 Å². The van der Waals surface area contributed by atoms with Crippen LogP contribution in [0.4, 0.5) is 0 Å². The van der Waals surface area contributed by atoms with E-state index in [2.05, 4.69) is 46.1 Å². The number of aryl methyl sites for hydroxylation is 2. The van der Waals surface area contributed by atoms with E-state index >= 15 is 0 Å². The number of hydrogen-bond acceptors (Lipinski definition) is 3. The van der Waals surface area contributed by atoms with Gasteiger partial charge in [-0.05, 0) is 37.8 Å². The number of carbonyl (C=O) groups is 1. The van der Waals surface area contributed by atoms with Crippen LogP contribution in [0.3, 0.4) is 0 Å². The molecule has 23 heavy (non-hydrogen) atoms. The highest BCUT2D eigenvalue weighted by Crippen LogP contribution is 2.31. The number of carbonyl (C=O) groups excluding carboxylic acids is 1. The van der Waals surface area contributed by atoms with Crippen molar-refractivity contribution in [3.63, 3.8) is 0 Å². The second kappa shape index (κ2) is 7.36. The van der Waals surface area contributed by atoms with Gasteiger partial charge in [0.1, 0.15) is 5.82 Å². The van der Waals surface area contributed by atoms with Gasteiger partial charge in [-0.25, -0.2) is 9.97 Å². The molecule has 4 nitrogen and oxygen atoms in total. The lowest BCUT2D eigenvalue weighted by molar-refractivity contribution is -0.135. The lowest BCUT2D eigenvalue weighted by Crippen LogP contribution is -2.38. The average Bonchev–Trinajstić information content (AvgIpc) is 2.61. The minimum atomic E-state index is 0.211. The van der Waals surface area contributed by atoms with Crippen molar-refractivity contribution >= 4 is 5.91 Å². The lowest BCUT2D eigenvalue weighted by atomic mass is 9.94. The maximum absolute atomic E-state index is 12.7. The Bertz CT molecular complexity index is 639. The van der Waals surface area contributed by atoms with E-state index in [1.165, 1.54) is 17.5 Å². The number of rotatable bonds is 4. The quantitative estimate of drug-likeness (QED) is 0.868. The van der Waals surface area contributed by atoms with E-state index in [4.69, 9.17) is 0 Å². The molecule has 1 aliphatic heterocycles. The van der Waals surface area contributed by atoms with E-state index in [0.29, 0.717) is 12.8 Å². The van der Waals surface area contributed by atoms with Crippen molar-refractivity contribution in [3.8, 4) is 0 Å². The molecule has 3 rings (SSSR count). The average molecular weight is 309 g/mol. The van der Waals surface area contributed by atoms with Gasteiger partial charge in [-0.1, -0.05) is 29.8 Å². The molecular weight excluding hydrogens is 286 g/mol. The molecule has 1 saturated heterocycles. The SMILES string of the molecule is Cc1ccc(C2CCCCN2C(=O)CCc2ncccn2)cc1. The Labute approximate surface area is 137 Å². The van der Waals surface area contributed by atoms with Crippen LogP contribution >= 0.6 is 0 Å². The molecule has 0 N–H and O–H groups in total. The van der Waals surface area contributed by atoms with Crippen LogP contribution in [0.1, 0.15) is 48.7 Å². The molecule has 1 aliphatic rings. The van der Waals surface area contributed by atoms with Crippen LogP contribution in [-0.4, -0.2) is 27.3 Å². The molecule has 1 unspecified atom stereocenters. The van der Waals surface area contributed by atoms with Crippen LogP contribution in [0, 0.1) is 6.92 Å². The fraction of sp³-hybridized carbons (Fsp3) is 0.421. The first-order chi connectivity index (χ1) is 11.2. The van der Waals surface area contributed by atoms with E-state index in [9.17, 15) is 4.79 Å². The lowest BCUT2D eigenvalue weighted by Gasteiger charge is -2.36. The van der Waals surface area contributed by atoms with Crippen LogP contribution in [0.15, 0.2) is 42.7 Å². The van der Waals surface area contributed by atoms with Gasteiger partial charge >= 0.3 is 0 Å². The van der Waals surface area contributed by atoms with Crippen LogP contribution in [0.25, 0.3) is 0 Å². The Balaban J connectivity index is 1.68. The first kappa shape index (κ1) is 15.7. The highest BCUT2D eigenvalue weighted by Gasteiger charge is 2.27. The standard InChI is InChI=1S/C19H23N3O/c1-15-6-8-16(9-7-15)17-5-2-3-14-22(17)19(23)11-10-18-20-12-4-13-21-18/h4,6-9,12-13,17H,2-3,5,10-11,14H2,1H3. The summed E-state index contributed by atoms with van der Waals surface area (Å²) in [6.45, 7) is 2.94. The molecule has 1 aromatic carbocycles. The maximum atomic E-state index is 12.7. The molecule has 0 spiro atoms. The molecule has 4 heteroatoms. The molecule has 2 heterocycles. The summed E-state index contributed by atoms with van der Waals surface area (Å²) in [6, 6.07) is 10.6. The summed E-state index contributed by atoms with van der Waals surface area (Å²) in [7, 11) is 0. The molecular formula is C19H23N3O. The van der Waals surface area contributed by atoms with Crippen molar-refractivity contribution in [1.82, 2.24) is 14.9 Å². The number of benzene rings is 1. The number of nitrogens with zero attached hydrogens (tertiary/aromatic N) is 3. The fourth-order valence-electron chi connectivity index (χ4n) is 3.19. The van der Waals surface area contributed by atoms with Crippen molar-refractivity contribution in [3.05, 3.63) is 59.7 Å². The van der Waals surface area contributed by atoms with Gasteiger partial charge in [0.25, 0.3) is 0 Å². The van der Waals surface area contributed by atoms with Gasteiger partial charge in [0.2, 0.25) is 5.91 Å². The summed E-state index contributed by atoms with van der Waals surface area (Å²) in [6.07, 6.45) is 7.87. The smallest absolute Gasteiger partial charge is 0.223 e. The van der Waals surface area contributed by atoms with Gasteiger partial charge in [0.05, 0.1) is 6.04 Å². The molecule has 0 bridgehead atoms. The van der Waals surface area contributed by atoms with E-state index in [-0.39, 0.29) is 11.9 Å².